The van der Waals surface area contributed by atoms with Gasteiger partial charge in [-0.3, -0.25) is 9.69 Å². The van der Waals surface area contributed by atoms with E-state index in [1.54, 1.807) is 6.07 Å². The molecule has 0 radical (unpaired) electrons. The number of nitrogens with one attached hydrogen (secondary N) is 1. The average Bonchev–Trinajstić information content (AvgIpc) is 2.58. The number of phenolic OH excluding ortho intramolecular Hbond substituents is 1. The summed E-state index contributed by atoms with van der Waals surface area (Å²) in [5.41, 5.74) is 2.44. The first-order valence-electron chi connectivity index (χ1n) is 8.77. The van der Waals surface area contributed by atoms with Gasteiger partial charge in [0.05, 0.1) is 12.3 Å². The number of rotatable bonds is 5. The normalized spacial score (nSPS) is 14.6. The summed E-state index contributed by atoms with van der Waals surface area (Å²) in [7, 11) is 0. The number of benzene rings is 1. The van der Waals surface area contributed by atoms with Crippen LogP contribution in [0.15, 0.2) is 23.0 Å². The van der Waals surface area contributed by atoms with Crippen molar-refractivity contribution in [1.82, 2.24) is 14.9 Å². The van der Waals surface area contributed by atoms with Crippen molar-refractivity contribution < 1.29 is 9.84 Å². The molecule has 0 saturated carbocycles. The number of aromatic nitrogens is 2. The lowest BCUT2D eigenvalue weighted by Gasteiger charge is -2.28. The second-order valence-electron chi connectivity index (χ2n) is 6.69. The fourth-order valence-corrected chi connectivity index (χ4v) is 3.13. The number of hydrogen-bond donors (Lipinski definition) is 2. The molecule has 6 heteroatoms. The minimum absolute atomic E-state index is 0.0189. The van der Waals surface area contributed by atoms with Crippen LogP contribution in [0.2, 0.25) is 0 Å². The molecular formula is C19H25N3O3. The molecule has 0 atom stereocenters. The zero-order valence-corrected chi connectivity index (χ0v) is 15.0. The molecule has 0 amide bonds. The van der Waals surface area contributed by atoms with Gasteiger partial charge in [0.15, 0.2) is 11.5 Å². The van der Waals surface area contributed by atoms with Crippen LogP contribution in [0.1, 0.15) is 49.3 Å². The van der Waals surface area contributed by atoms with Gasteiger partial charge in [0, 0.05) is 36.7 Å². The second kappa shape index (κ2) is 7.27. The third-order valence-electron chi connectivity index (χ3n) is 4.49. The van der Waals surface area contributed by atoms with Gasteiger partial charge in [-0.15, -0.1) is 0 Å². The molecule has 2 aromatic rings. The molecule has 134 valence electrons. The summed E-state index contributed by atoms with van der Waals surface area (Å²) >= 11 is 0. The lowest BCUT2D eigenvalue weighted by Crippen LogP contribution is -2.35. The highest BCUT2D eigenvalue weighted by Crippen LogP contribution is 2.31. The lowest BCUT2D eigenvalue weighted by atomic mass is 10.0. The first-order chi connectivity index (χ1) is 12.0. The molecule has 1 aromatic carbocycles. The van der Waals surface area contributed by atoms with Crippen LogP contribution in [0.5, 0.6) is 11.5 Å². The summed E-state index contributed by atoms with van der Waals surface area (Å²) in [6, 6.07) is 5.56. The summed E-state index contributed by atoms with van der Waals surface area (Å²) in [4.78, 5) is 22.0. The van der Waals surface area contributed by atoms with Gasteiger partial charge in [0.2, 0.25) is 0 Å². The van der Waals surface area contributed by atoms with Crippen LogP contribution in [-0.2, 0) is 19.5 Å². The zero-order chi connectivity index (χ0) is 18.0. The number of para-hydroxylation sites is 1. The monoisotopic (exact) mass is 343 g/mol. The van der Waals surface area contributed by atoms with E-state index in [1.807, 2.05) is 32.9 Å². The topological polar surface area (TPSA) is 78.5 Å². The van der Waals surface area contributed by atoms with Crippen molar-refractivity contribution in [2.24, 2.45) is 0 Å². The Labute approximate surface area is 147 Å². The smallest absolute Gasteiger partial charge is 0.254 e. The van der Waals surface area contributed by atoms with Gasteiger partial charge >= 0.3 is 0 Å². The zero-order valence-electron chi connectivity index (χ0n) is 15.0. The Balaban J connectivity index is 1.82. The van der Waals surface area contributed by atoms with Gasteiger partial charge in [-0.1, -0.05) is 26.0 Å². The van der Waals surface area contributed by atoms with Crippen LogP contribution in [0.25, 0.3) is 0 Å². The van der Waals surface area contributed by atoms with Gasteiger partial charge in [-0.05, 0) is 19.4 Å². The average molecular weight is 343 g/mol. The number of nitrogens with zero attached hydrogens (tertiary/aromatic N) is 2. The summed E-state index contributed by atoms with van der Waals surface area (Å²) in [5, 5.41) is 10.4. The fraction of sp³-hybridized carbons (Fsp3) is 0.474. The molecule has 0 saturated heterocycles. The molecule has 25 heavy (non-hydrogen) atoms. The third kappa shape index (κ3) is 3.69. The Hall–Kier alpha value is -2.34. The van der Waals surface area contributed by atoms with Gasteiger partial charge in [0.1, 0.15) is 5.82 Å². The van der Waals surface area contributed by atoms with Crippen molar-refractivity contribution in [2.45, 2.75) is 46.2 Å². The van der Waals surface area contributed by atoms with Crippen LogP contribution in [0.4, 0.5) is 0 Å². The number of fused-ring (bicyclic) bond motifs is 1. The second-order valence-corrected chi connectivity index (χ2v) is 6.69. The third-order valence-corrected chi connectivity index (χ3v) is 4.49. The molecule has 1 aliphatic heterocycles. The molecule has 2 N–H and O–H groups in total. The number of H-pyrrole nitrogens is 1. The number of phenols is 1. The Bertz CT molecular complexity index is 814. The first-order valence-corrected chi connectivity index (χ1v) is 8.77. The van der Waals surface area contributed by atoms with Crippen LogP contribution in [0.3, 0.4) is 0 Å². The number of aromatic amines is 1. The molecule has 1 aliphatic rings. The molecule has 3 rings (SSSR count). The van der Waals surface area contributed by atoms with Crippen LogP contribution in [0, 0.1) is 0 Å². The molecule has 6 nitrogen and oxygen atoms in total. The van der Waals surface area contributed by atoms with E-state index in [0.717, 1.165) is 29.2 Å². The van der Waals surface area contributed by atoms with Gasteiger partial charge in [0.25, 0.3) is 5.56 Å². The van der Waals surface area contributed by atoms with Crippen LogP contribution in [-0.4, -0.2) is 33.1 Å². The molecule has 0 fully saturated rings. The number of hydrogen-bond acceptors (Lipinski definition) is 5. The van der Waals surface area contributed by atoms with Crippen LogP contribution < -0.4 is 10.3 Å². The minimum atomic E-state index is -0.0189. The van der Waals surface area contributed by atoms with Crippen LogP contribution >= 0.6 is 0 Å². The Morgan fingerprint density at radius 2 is 2.20 bits per heavy atom. The maximum atomic E-state index is 12.3. The van der Waals surface area contributed by atoms with E-state index in [4.69, 9.17) is 4.74 Å². The Kier molecular flexibility index (Phi) is 5.08. The van der Waals surface area contributed by atoms with E-state index in [-0.39, 0.29) is 17.2 Å². The molecule has 1 aromatic heterocycles. The summed E-state index contributed by atoms with van der Waals surface area (Å²) in [6.07, 6.45) is 0.669. The predicted octanol–water partition coefficient (Wildman–Crippen LogP) is 2.56. The SMILES string of the molecule is CCOc1cccc(CN2CCc3c(nc(C(C)C)[nH]c3=O)C2)c1O. The molecular weight excluding hydrogens is 318 g/mol. The summed E-state index contributed by atoms with van der Waals surface area (Å²) in [6.45, 7) is 8.40. The van der Waals surface area contributed by atoms with Gasteiger partial charge in [-0.25, -0.2) is 4.98 Å². The van der Waals surface area contributed by atoms with Crippen molar-refractivity contribution in [3.8, 4) is 11.5 Å². The molecule has 0 spiro atoms. The standard InChI is InChI=1S/C19H25N3O3/c1-4-25-16-7-5-6-13(17(16)23)10-22-9-8-14-15(11-22)20-18(12(2)3)21-19(14)24/h5-7,12,23H,4,8-11H2,1-3H3,(H,20,21,24). The van der Waals surface area contributed by atoms with Gasteiger partial charge in [-0.2, -0.15) is 0 Å². The largest absolute Gasteiger partial charge is 0.504 e. The maximum Gasteiger partial charge on any atom is 0.254 e. The highest BCUT2D eigenvalue weighted by Gasteiger charge is 2.22. The first kappa shape index (κ1) is 17.5. The van der Waals surface area contributed by atoms with E-state index in [2.05, 4.69) is 14.9 Å². The van der Waals surface area contributed by atoms with Crippen molar-refractivity contribution in [3.05, 3.63) is 51.2 Å². The van der Waals surface area contributed by atoms with Gasteiger partial charge < -0.3 is 14.8 Å². The van der Waals surface area contributed by atoms with E-state index in [1.165, 1.54) is 0 Å². The summed E-state index contributed by atoms with van der Waals surface area (Å²) in [5.74, 6) is 1.61. The summed E-state index contributed by atoms with van der Waals surface area (Å²) < 4.78 is 5.45. The quantitative estimate of drug-likeness (QED) is 0.872. The lowest BCUT2D eigenvalue weighted by molar-refractivity contribution is 0.235. The van der Waals surface area contributed by atoms with Crippen molar-refractivity contribution >= 4 is 0 Å². The molecule has 0 bridgehead atoms. The molecule has 0 unspecified atom stereocenters. The number of aromatic hydroxyl groups is 1. The van der Waals surface area contributed by atoms with E-state index in [9.17, 15) is 9.90 Å². The van der Waals surface area contributed by atoms with Crippen molar-refractivity contribution in [1.29, 1.82) is 0 Å². The van der Waals surface area contributed by atoms with E-state index >= 15 is 0 Å². The van der Waals surface area contributed by atoms with Crippen molar-refractivity contribution in [3.63, 3.8) is 0 Å². The van der Waals surface area contributed by atoms with E-state index < -0.39 is 0 Å². The predicted molar refractivity (Wildman–Crippen MR) is 96.0 cm³/mol. The van der Waals surface area contributed by atoms with E-state index in [0.29, 0.717) is 31.9 Å². The minimum Gasteiger partial charge on any atom is -0.504 e. The Morgan fingerprint density at radius 1 is 1.40 bits per heavy atom. The number of ether oxygens (including phenoxy) is 1. The van der Waals surface area contributed by atoms with Crippen molar-refractivity contribution in [2.75, 3.05) is 13.2 Å². The molecule has 2 heterocycles. The Morgan fingerprint density at radius 3 is 2.92 bits per heavy atom. The molecule has 0 aliphatic carbocycles. The maximum absolute atomic E-state index is 12.3. The highest BCUT2D eigenvalue weighted by molar-refractivity contribution is 5.45. The fourth-order valence-electron chi connectivity index (χ4n) is 3.13. The highest BCUT2D eigenvalue weighted by atomic mass is 16.5.